The summed E-state index contributed by atoms with van der Waals surface area (Å²) in [6.07, 6.45) is 5.18. The summed E-state index contributed by atoms with van der Waals surface area (Å²) in [6.45, 7) is 2.72. The van der Waals surface area contributed by atoms with Gasteiger partial charge in [-0.15, -0.1) is 0 Å². The molecule has 1 saturated heterocycles. The molecule has 0 radical (unpaired) electrons. The van der Waals surface area contributed by atoms with Gasteiger partial charge in [-0.3, -0.25) is 29.0 Å². The van der Waals surface area contributed by atoms with Gasteiger partial charge in [-0.05, 0) is 12.8 Å². The van der Waals surface area contributed by atoms with E-state index in [2.05, 4.69) is 0 Å². The van der Waals surface area contributed by atoms with Gasteiger partial charge in [-0.1, -0.05) is 6.42 Å². The van der Waals surface area contributed by atoms with E-state index < -0.39 is 5.97 Å². The largest absolute Gasteiger partial charge is 0.480 e. The Labute approximate surface area is 140 Å². The van der Waals surface area contributed by atoms with Gasteiger partial charge < -0.3 is 10.0 Å². The average molecular weight is 337 g/mol. The average Bonchev–Trinajstić information content (AvgIpc) is 2.86. The lowest BCUT2D eigenvalue weighted by atomic mass is 10.1. The zero-order valence-corrected chi connectivity index (χ0v) is 13.6. The summed E-state index contributed by atoms with van der Waals surface area (Å²) in [5.41, 5.74) is 0. The molecule has 2 aliphatic heterocycles. The van der Waals surface area contributed by atoms with Crippen molar-refractivity contribution in [1.29, 1.82) is 0 Å². The third-order valence-corrected chi connectivity index (χ3v) is 4.26. The first-order valence-electron chi connectivity index (χ1n) is 8.23. The Bertz CT molecular complexity index is 520. The van der Waals surface area contributed by atoms with Crippen LogP contribution in [0.15, 0.2) is 12.2 Å². The van der Waals surface area contributed by atoms with Crippen molar-refractivity contribution in [3.63, 3.8) is 0 Å². The van der Waals surface area contributed by atoms with Gasteiger partial charge in [0.1, 0.15) is 0 Å². The van der Waals surface area contributed by atoms with Gasteiger partial charge in [0, 0.05) is 51.3 Å². The first-order valence-corrected chi connectivity index (χ1v) is 8.23. The van der Waals surface area contributed by atoms with E-state index in [0.29, 0.717) is 45.6 Å². The van der Waals surface area contributed by atoms with Crippen LogP contribution in [0.2, 0.25) is 0 Å². The van der Waals surface area contributed by atoms with Crippen molar-refractivity contribution in [3.8, 4) is 0 Å². The molecule has 8 heteroatoms. The summed E-state index contributed by atoms with van der Waals surface area (Å²) in [6, 6.07) is 0. The number of carbonyl (C=O) groups excluding carboxylic acids is 3. The van der Waals surface area contributed by atoms with Gasteiger partial charge in [0.2, 0.25) is 5.91 Å². The van der Waals surface area contributed by atoms with E-state index in [1.54, 1.807) is 4.90 Å². The minimum atomic E-state index is -0.847. The quantitative estimate of drug-likeness (QED) is 0.482. The number of aliphatic carboxylic acids is 1. The first-order chi connectivity index (χ1) is 11.5. The molecule has 0 aromatic carbocycles. The Kier molecular flexibility index (Phi) is 6.48. The van der Waals surface area contributed by atoms with Crippen LogP contribution in [0.4, 0.5) is 0 Å². The summed E-state index contributed by atoms with van der Waals surface area (Å²) in [5, 5.41) is 8.75. The van der Waals surface area contributed by atoms with Crippen molar-refractivity contribution < 1.29 is 24.3 Å². The number of carbonyl (C=O) groups is 4. The van der Waals surface area contributed by atoms with Crippen molar-refractivity contribution in [2.75, 3.05) is 39.3 Å². The van der Waals surface area contributed by atoms with Crippen LogP contribution >= 0.6 is 0 Å². The Morgan fingerprint density at radius 1 is 0.958 bits per heavy atom. The summed E-state index contributed by atoms with van der Waals surface area (Å²) >= 11 is 0. The SMILES string of the molecule is O=C(O)CN1CCN(C(=O)CCCCCN2C(=O)C=CC2=O)CC1. The Balaban J connectivity index is 1.56. The van der Waals surface area contributed by atoms with Crippen LogP contribution in [-0.4, -0.2) is 82.8 Å². The normalized spacial score (nSPS) is 18.5. The van der Waals surface area contributed by atoms with Crippen LogP contribution in [0.25, 0.3) is 0 Å². The number of imide groups is 1. The van der Waals surface area contributed by atoms with Gasteiger partial charge in [-0.2, -0.15) is 0 Å². The van der Waals surface area contributed by atoms with Crippen molar-refractivity contribution in [3.05, 3.63) is 12.2 Å². The molecule has 0 spiro atoms. The number of hydrogen-bond donors (Lipinski definition) is 1. The molecule has 8 nitrogen and oxygen atoms in total. The van der Waals surface area contributed by atoms with E-state index in [-0.39, 0.29) is 24.3 Å². The highest BCUT2D eigenvalue weighted by atomic mass is 16.4. The summed E-state index contributed by atoms with van der Waals surface area (Å²) in [5.74, 6) is -1.30. The van der Waals surface area contributed by atoms with Crippen LogP contribution < -0.4 is 0 Å². The predicted octanol–water partition coefficient (Wildman–Crippen LogP) is -0.299. The number of unbranched alkanes of at least 4 members (excludes halogenated alkanes) is 2. The van der Waals surface area contributed by atoms with Crippen LogP contribution in [0, 0.1) is 0 Å². The van der Waals surface area contributed by atoms with E-state index >= 15 is 0 Å². The van der Waals surface area contributed by atoms with Crippen LogP contribution in [0.1, 0.15) is 25.7 Å². The molecule has 0 atom stereocenters. The number of carboxylic acid groups (broad SMARTS) is 1. The zero-order valence-electron chi connectivity index (χ0n) is 13.6. The Morgan fingerprint density at radius 3 is 2.17 bits per heavy atom. The number of hydrogen-bond acceptors (Lipinski definition) is 5. The number of nitrogens with zero attached hydrogens (tertiary/aromatic N) is 3. The molecule has 0 saturated carbocycles. The fourth-order valence-corrected chi connectivity index (χ4v) is 2.88. The lowest BCUT2D eigenvalue weighted by Gasteiger charge is -2.33. The van der Waals surface area contributed by atoms with Crippen molar-refractivity contribution in [2.24, 2.45) is 0 Å². The maximum atomic E-state index is 12.1. The van der Waals surface area contributed by atoms with E-state index in [4.69, 9.17) is 5.11 Å². The van der Waals surface area contributed by atoms with Crippen molar-refractivity contribution >= 4 is 23.7 Å². The third kappa shape index (κ3) is 5.16. The maximum absolute atomic E-state index is 12.1. The topological polar surface area (TPSA) is 98.2 Å². The number of piperazine rings is 1. The second kappa shape index (κ2) is 8.58. The van der Waals surface area contributed by atoms with Gasteiger partial charge in [0.15, 0.2) is 0 Å². The standard InChI is InChI=1S/C16H23N3O5/c20-13(18-10-8-17(9-11-18)12-16(23)24)4-2-1-3-7-19-14(21)5-6-15(19)22/h5-6H,1-4,7-12H2,(H,23,24). The molecule has 0 aliphatic carbocycles. The molecule has 2 aliphatic rings. The van der Waals surface area contributed by atoms with Crippen LogP contribution in [0.3, 0.4) is 0 Å². The van der Waals surface area contributed by atoms with Crippen molar-refractivity contribution in [1.82, 2.24) is 14.7 Å². The molecule has 2 rings (SSSR count). The van der Waals surface area contributed by atoms with E-state index in [9.17, 15) is 19.2 Å². The molecular formula is C16H23N3O5. The highest BCUT2D eigenvalue weighted by molar-refractivity contribution is 6.12. The van der Waals surface area contributed by atoms with Gasteiger partial charge in [0.25, 0.3) is 11.8 Å². The van der Waals surface area contributed by atoms with Gasteiger partial charge in [0.05, 0.1) is 6.54 Å². The highest BCUT2D eigenvalue weighted by Gasteiger charge is 2.23. The summed E-state index contributed by atoms with van der Waals surface area (Å²) < 4.78 is 0. The fraction of sp³-hybridized carbons (Fsp3) is 0.625. The molecule has 1 N–H and O–H groups in total. The molecule has 1 fully saturated rings. The number of carboxylic acids is 1. The first kappa shape index (κ1) is 18.1. The van der Waals surface area contributed by atoms with E-state index in [0.717, 1.165) is 12.8 Å². The molecule has 24 heavy (non-hydrogen) atoms. The van der Waals surface area contributed by atoms with Crippen LogP contribution in [-0.2, 0) is 19.2 Å². The summed E-state index contributed by atoms with van der Waals surface area (Å²) in [7, 11) is 0. The predicted molar refractivity (Wildman–Crippen MR) is 85.0 cm³/mol. The molecule has 3 amide bonds. The molecule has 132 valence electrons. The number of rotatable bonds is 8. The van der Waals surface area contributed by atoms with E-state index in [1.807, 2.05) is 4.90 Å². The fourth-order valence-electron chi connectivity index (χ4n) is 2.88. The lowest BCUT2D eigenvalue weighted by molar-refractivity contribution is -0.140. The minimum Gasteiger partial charge on any atom is -0.480 e. The molecule has 0 aromatic heterocycles. The Morgan fingerprint density at radius 2 is 1.58 bits per heavy atom. The maximum Gasteiger partial charge on any atom is 0.317 e. The molecule has 2 heterocycles. The zero-order chi connectivity index (χ0) is 17.5. The second-order valence-electron chi connectivity index (χ2n) is 6.02. The molecule has 0 bridgehead atoms. The van der Waals surface area contributed by atoms with Crippen LogP contribution in [0.5, 0.6) is 0 Å². The minimum absolute atomic E-state index is 0.0187. The monoisotopic (exact) mass is 337 g/mol. The smallest absolute Gasteiger partial charge is 0.317 e. The lowest BCUT2D eigenvalue weighted by Crippen LogP contribution is -2.49. The summed E-state index contributed by atoms with van der Waals surface area (Å²) in [4.78, 5) is 50.3. The molecule has 0 aromatic rings. The van der Waals surface area contributed by atoms with E-state index in [1.165, 1.54) is 17.1 Å². The van der Waals surface area contributed by atoms with Crippen molar-refractivity contribution in [2.45, 2.75) is 25.7 Å². The second-order valence-corrected chi connectivity index (χ2v) is 6.02. The molecular weight excluding hydrogens is 314 g/mol. The Hall–Kier alpha value is -2.22. The third-order valence-electron chi connectivity index (χ3n) is 4.26. The highest BCUT2D eigenvalue weighted by Crippen LogP contribution is 2.10. The molecule has 0 unspecified atom stereocenters. The van der Waals surface area contributed by atoms with Gasteiger partial charge in [-0.25, -0.2) is 0 Å². The number of amides is 3. The van der Waals surface area contributed by atoms with Gasteiger partial charge >= 0.3 is 5.97 Å².